The minimum atomic E-state index is -1.40. The molecule has 0 bridgehead atoms. The Morgan fingerprint density at radius 3 is 2.46 bits per heavy atom. The van der Waals surface area contributed by atoms with Crippen molar-refractivity contribution in [1.82, 2.24) is 19.1 Å². The third kappa shape index (κ3) is 3.56. The average Bonchev–Trinajstić information content (AvgIpc) is 3.02. The normalized spacial score (nSPS) is 13.9. The number of fused-ring (bicyclic) bond motifs is 1. The second-order valence-electron chi connectivity index (χ2n) is 7.94. The van der Waals surface area contributed by atoms with Crippen molar-refractivity contribution in [3.05, 3.63) is 46.1 Å². The molecular weight excluding hydrogens is 374 g/mol. The zero-order chi connectivity index (χ0) is 20.8. The fourth-order valence-corrected chi connectivity index (χ4v) is 3.53. The maximum atomic E-state index is 13.1. The van der Waals surface area contributed by atoms with Gasteiger partial charge in [-0.2, -0.15) is 4.40 Å². The lowest BCUT2D eigenvalue weighted by Crippen LogP contribution is -2.23. The van der Waals surface area contributed by atoms with Crippen LogP contribution in [0.3, 0.4) is 0 Å². The first-order valence-electron chi connectivity index (χ1n) is 8.96. The lowest BCUT2D eigenvalue weighted by Gasteiger charge is -2.15. The first kappa shape index (κ1) is 20.1. The summed E-state index contributed by atoms with van der Waals surface area (Å²) in [6.07, 6.45) is 3.35. The first-order valence-corrected chi connectivity index (χ1v) is 10.1. The van der Waals surface area contributed by atoms with Gasteiger partial charge in [-0.05, 0) is 52.3 Å². The second-order valence-corrected chi connectivity index (χ2v) is 9.84. The molecule has 0 aliphatic carbocycles. The molecule has 3 aromatic rings. The van der Waals surface area contributed by atoms with Crippen LogP contribution in [0.2, 0.25) is 0 Å². The monoisotopic (exact) mass is 399 g/mol. The van der Waals surface area contributed by atoms with Crippen LogP contribution in [0, 0.1) is 6.92 Å². The van der Waals surface area contributed by atoms with Crippen LogP contribution in [-0.4, -0.2) is 33.8 Å². The number of aryl methyl sites for hydroxylation is 2. The molecule has 0 amide bonds. The van der Waals surface area contributed by atoms with E-state index < -0.39 is 15.7 Å². The van der Waals surface area contributed by atoms with Crippen molar-refractivity contribution < 1.29 is 4.21 Å². The highest BCUT2D eigenvalue weighted by molar-refractivity contribution is 7.85. The highest BCUT2D eigenvalue weighted by atomic mass is 32.2. The van der Waals surface area contributed by atoms with Gasteiger partial charge >= 0.3 is 0 Å². The molecule has 0 aliphatic heterocycles. The molecule has 0 unspecified atom stereocenters. The molecule has 148 valence electrons. The van der Waals surface area contributed by atoms with Gasteiger partial charge in [0.2, 0.25) is 0 Å². The van der Waals surface area contributed by atoms with Gasteiger partial charge in [0.15, 0.2) is 5.82 Å². The third-order valence-corrected chi connectivity index (χ3v) is 5.99. The van der Waals surface area contributed by atoms with Crippen molar-refractivity contribution in [2.24, 2.45) is 18.5 Å². The summed E-state index contributed by atoms with van der Waals surface area (Å²) >= 11 is 0. The van der Waals surface area contributed by atoms with E-state index in [4.69, 9.17) is 4.98 Å². The molecular formula is C20H25N5O2S. The zero-order valence-corrected chi connectivity index (χ0v) is 18.1. The number of imidazole rings is 1. The molecule has 0 spiro atoms. The molecule has 1 atom stereocenters. The van der Waals surface area contributed by atoms with Crippen LogP contribution >= 0.6 is 0 Å². The van der Waals surface area contributed by atoms with Crippen LogP contribution in [0.5, 0.6) is 0 Å². The van der Waals surface area contributed by atoms with Gasteiger partial charge in [-0.3, -0.25) is 9.36 Å². The molecule has 8 heteroatoms. The van der Waals surface area contributed by atoms with Gasteiger partial charge in [-0.25, -0.2) is 14.2 Å². The molecule has 2 heterocycles. The third-order valence-electron chi connectivity index (χ3n) is 4.50. The van der Waals surface area contributed by atoms with E-state index in [2.05, 4.69) is 9.38 Å². The van der Waals surface area contributed by atoms with Gasteiger partial charge in [0.05, 0.1) is 33.9 Å². The quantitative estimate of drug-likeness (QED) is 0.634. The minimum Gasteiger partial charge on any atom is -0.331 e. The van der Waals surface area contributed by atoms with Gasteiger partial charge in [-0.1, -0.05) is 0 Å². The fourth-order valence-electron chi connectivity index (χ4n) is 2.91. The Balaban J connectivity index is 2.34. The second kappa shape index (κ2) is 7.09. The number of hydrogen-bond acceptors (Lipinski definition) is 4. The molecule has 0 N–H and O–H groups in total. The van der Waals surface area contributed by atoms with E-state index in [1.165, 1.54) is 4.57 Å². The van der Waals surface area contributed by atoms with Gasteiger partial charge in [0.1, 0.15) is 16.7 Å². The molecule has 0 radical (unpaired) electrons. The summed E-state index contributed by atoms with van der Waals surface area (Å²) in [4.78, 5) is 22.0. The van der Waals surface area contributed by atoms with Gasteiger partial charge in [-0.15, -0.1) is 0 Å². The molecule has 0 saturated carbocycles. The Morgan fingerprint density at radius 1 is 1.21 bits per heavy atom. The van der Waals surface area contributed by atoms with E-state index in [0.717, 1.165) is 11.3 Å². The standard InChI is InChI=1S/C20H25N5O2S/c1-12-8-14(13(2)23-28(27)20(3,4)5)17-15(9-12)19(26)25(7)18(22-17)16-10-21-11-24(16)6/h8-11H,1-7H3/b23-13-/t28-/m1/s1. The summed E-state index contributed by atoms with van der Waals surface area (Å²) in [7, 11) is 2.16. The molecule has 28 heavy (non-hydrogen) atoms. The van der Waals surface area contributed by atoms with E-state index in [0.29, 0.717) is 28.0 Å². The highest BCUT2D eigenvalue weighted by Crippen LogP contribution is 2.23. The predicted octanol–water partition coefficient (Wildman–Crippen LogP) is 2.91. The Bertz CT molecular complexity index is 1180. The Morgan fingerprint density at radius 2 is 1.89 bits per heavy atom. The zero-order valence-electron chi connectivity index (χ0n) is 17.3. The van der Waals surface area contributed by atoms with Crippen LogP contribution < -0.4 is 5.56 Å². The smallest absolute Gasteiger partial charge is 0.261 e. The van der Waals surface area contributed by atoms with E-state index in [-0.39, 0.29) is 5.56 Å². The molecule has 0 aliphatic rings. The Hall–Kier alpha value is -2.61. The Kier molecular flexibility index (Phi) is 5.10. The van der Waals surface area contributed by atoms with Crippen molar-refractivity contribution in [2.75, 3.05) is 0 Å². The average molecular weight is 400 g/mol. The van der Waals surface area contributed by atoms with Crippen molar-refractivity contribution in [3.8, 4) is 11.5 Å². The maximum absolute atomic E-state index is 13.1. The molecule has 0 saturated heterocycles. The summed E-state index contributed by atoms with van der Waals surface area (Å²) in [5, 5.41) is 0.513. The molecule has 3 rings (SSSR count). The van der Waals surface area contributed by atoms with E-state index in [1.54, 1.807) is 26.5 Å². The van der Waals surface area contributed by atoms with Crippen molar-refractivity contribution in [1.29, 1.82) is 0 Å². The van der Waals surface area contributed by atoms with Crippen LogP contribution in [-0.2, 0) is 25.1 Å². The van der Waals surface area contributed by atoms with Gasteiger partial charge < -0.3 is 4.57 Å². The maximum Gasteiger partial charge on any atom is 0.261 e. The summed E-state index contributed by atoms with van der Waals surface area (Å²) in [5.41, 5.74) is 3.38. The fraction of sp³-hybridized carbons (Fsp3) is 0.400. The number of benzene rings is 1. The topological polar surface area (TPSA) is 82.1 Å². The van der Waals surface area contributed by atoms with Crippen LogP contribution in [0.4, 0.5) is 0 Å². The van der Waals surface area contributed by atoms with Crippen LogP contribution in [0.25, 0.3) is 22.4 Å². The van der Waals surface area contributed by atoms with E-state index in [9.17, 15) is 9.00 Å². The number of rotatable bonds is 3. The lowest BCUT2D eigenvalue weighted by molar-refractivity contribution is 0.650. The summed E-state index contributed by atoms with van der Waals surface area (Å²) in [6, 6.07) is 3.76. The molecule has 0 fully saturated rings. The SMILES string of the molecule is C/C(=N/[S@](=O)C(C)(C)C)c1cc(C)cc2c(=O)n(C)c(-c3cncn3C)nc12. The summed E-state index contributed by atoms with van der Waals surface area (Å²) < 4.78 is 19.8. The van der Waals surface area contributed by atoms with Gasteiger partial charge in [0.25, 0.3) is 5.56 Å². The molecule has 7 nitrogen and oxygen atoms in total. The summed E-state index contributed by atoms with van der Waals surface area (Å²) in [6.45, 7) is 9.36. The number of aromatic nitrogens is 4. The van der Waals surface area contributed by atoms with E-state index >= 15 is 0 Å². The largest absolute Gasteiger partial charge is 0.331 e. The van der Waals surface area contributed by atoms with E-state index in [1.807, 2.05) is 51.4 Å². The Labute approximate surface area is 166 Å². The van der Waals surface area contributed by atoms with Crippen molar-refractivity contribution in [3.63, 3.8) is 0 Å². The summed E-state index contributed by atoms with van der Waals surface area (Å²) in [5.74, 6) is 0.521. The highest BCUT2D eigenvalue weighted by Gasteiger charge is 2.21. The van der Waals surface area contributed by atoms with Crippen LogP contribution in [0.1, 0.15) is 38.8 Å². The lowest BCUT2D eigenvalue weighted by atomic mass is 10.0. The van der Waals surface area contributed by atoms with Crippen molar-refractivity contribution in [2.45, 2.75) is 39.4 Å². The molecule has 1 aromatic carbocycles. The number of hydrogen-bond donors (Lipinski definition) is 0. The number of nitrogens with zero attached hydrogens (tertiary/aromatic N) is 5. The van der Waals surface area contributed by atoms with Crippen LogP contribution in [0.15, 0.2) is 33.8 Å². The van der Waals surface area contributed by atoms with Gasteiger partial charge in [0, 0.05) is 19.7 Å². The molecule has 2 aromatic heterocycles. The first-order chi connectivity index (χ1) is 13.0. The minimum absolute atomic E-state index is 0.143. The van der Waals surface area contributed by atoms with Crippen molar-refractivity contribution >= 4 is 27.6 Å². The predicted molar refractivity (Wildman–Crippen MR) is 114 cm³/mol.